The van der Waals surface area contributed by atoms with Crippen LogP contribution in [0.3, 0.4) is 0 Å². The Hall–Kier alpha value is -2.88. The number of anilines is 1. The first kappa shape index (κ1) is 15.6. The van der Waals surface area contributed by atoms with Crippen molar-refractivity contribution in [2.24, 2.45) is 0 Å². The van der Waals surface area contributed by atoms with Crippen LogP contribution in [0.5, 0.6) is 0 Å². The largest absolute Gasteiger partial charge is 0.360 e. The third-order valence-electron chi connectivity index (χ3n) is 4.79. The number of carbonyl (C=O) groups excluding carboxylic acids is 1. The summed E-state index contributed by atoms with van der Waals surface area (Å²) in [6.45, 7) is 4.58. The second-order valence-corrected chi connectivity index (χ2v) is 6.47. The lowest BCUT2D eigenvalue weighted by Crippen LogP contribution is -2.36. The van der Waals surface area contributed by atoms with E-state index in [9.17, 15) is 4.79 Å². The van der Waals surface area contributed by atoms with Crippen molar-refractivity contribution < 1.29 is 9.32 Å². The van der Waals surface area contributed by atoms with Crippen LogP contribution < -0.4 is 4.90 Å². The second-order valence-electron chi connectivity index (χ2n) is 6.47. The van der Waals surface area contributed by atoms with Gasteiger partial charge in [0.05, 0.1) is 5.69 Å². The van der Waals surface area contributed by atoms with E-state index in [2.05, 4.69) is 30.3 Å². The Bertz CT molecular complexity index is 928. The standard InChI is InChI=1S/C21H20N2O2/c1-14-8-6-11-17-12-7-13-23(20(14)17)21(24)18-15(2)25-22-19(18)16-9-4-3-5-10-16/h3-6,8-11H,7,12-13H2,1-2H3. The zero-order valence-corrected chi connectivity index (χ0v) is 14.5. The molecular formula is C21H20N2O2. The molecular weight excluding hydrogens is 312 g/mol. The molecule has 126 valence electrons. The third-order valence-corrected chi connectivity index (χ3v) is 4.79. The molecule has 4 heteroatoms. The van der Waals surface area contributed by atoms with Gasteiger partial charge in [0.15, 0.2) is 0 Å². The zero-order chi connectivity index (χ0) is 17.4. The van der Waals surface area contributed by atoms with Gasteiger partial charge >= 0.3 is 0 Å². The SMILES string of the molecule is Cc1cccc2c1N(C(=O)c1c(-c3ccccc3)noc1C)CCC2. The van der Waals surface area contributed by atoms with Gasteiger partial charge in [-0.25, -0.2) is 0 Å². The Morgan fingerprint density at radius 2 is 1.88 bits per heavy atom. The molecule has 0 N–H and O–H groups in total. The summed E-state index contributed by atoms with van der Waals surface area (Å²) in [7, 11) is 0. The molecule has 2 aromatic carbocycles. The number of fused-ring (bicyclic) bond motifs is 1. The van der Waals surface area contributed by atoms with Crippen LogP contribution in [0, 0.1) is 13.8 Å². The Labute approximate surface area is 147 Å². The maximum atomic E-state index is 13.4. The Morgan fingerprint density at radius 1 is 1.08 bits per heavy atom. The first-order valence-electron chi connectivity index (χ1n) is 8.59. The monoisotopic (exact) mass is 332 g/mol. The summed E-state index contributed by atoms with van der Waals surface area (Å²) in [5, 5.41) is 4.16. The van der Waals surface area contributed by atoms with Gasteiger partial charge in [0, 0.05) is 12.1 Å². The Morgan fingerprint density at radius 3 is 2.68 bits per heavy atom. The molecule has 0 spiro atoms. The average Bonchev–Trinajstić information content (AvgIpc) is 3.03. The molecule has 1 aliphatic heterocycles. The van der Waals surface area contributed by atoms with E-state index in [4.69, 9.17) is 4.52 Å². The first-order valence-corrected chi connectivity index (χ1v) is 8.59. The molecule has 0 saturated carbocycles. The number of hydrogen-bond acceptors (Lipinski definition) is 3. The smallest absolute Gasteiger partial charge is 0.264 e. The van der Waals surface area contributed by atoms with Gasteiger partial charge in [0.1, 0.15) is 17.0 Å². The molecule has 0 radical (unpaired) electrons. The molecule has 0 bridgehead atoms. The molecule has 25 heavy (non-hydrogen) atoms. The highest BCUT2D eigenvalue weighted by atomic mass is 16.5. The Kier molecular flexibility index (Phi) is 3.88. The van der Waals surface area contributed by atoms with E-state index >= 15 is 0 Å². The fourth-order valence-corrected chi connectivity index (χ4v) is 3.60. The fourth-order valence-electron chi connectivity index (χ4n) is 3.60. The maximum absolute atomic E-state index is 13.4. The summed E-state index contributed by atoms with van der Waals surface area (Å²) in [6.07, 6.45) is 1.97. The number of nitrogens with zero attached hydrogens (tertiary/aromatic N) is 2. The Balaban J connectivity index is 1.81. The highest BCUT2D eigenvalue weighted by molar-refractivity contribution is 6.11. The summed E-state index contributed by atoms with van der Waals surface area (Å²) >= 11 is 0. The van der Waals surface area contributed by atoms with E-state index < -0.39 is 0 Å². The first-order chi connectivity index (χ1) is 12.2. The van der Waals surface area contributed by atoms with Crippen LogP contribution in [0.25, 0.3) is 11.3 Å². The summed E-state index contributed by atoms with van der Waals surface area (Å²) in [4.78, 5) is 15.3. The van der Waals surface area contributed by atoms with Gasteiger partial charge in [-0.1, -0.05) is 53.7 Å². The van der Waals surface area contributed by atoms with Crippen LogP contribution >= 0.6 is 0 Å². The van der Waals surface area contributed by atoms with E-state index in [1.165, 1.54) is 5.56 Å². The van der Waals surface area contributed by atoms with Gasteiger partial charge in [-0.05, 0) is 37.8 Å². The number of hydrogen-bond donors (Lipinski definition) is 0. The predicted molar refractivity (Wildman–Crippen MR) is 97.9 cm³/mol. The third kappa shape index (κ3) is 2.64. The number of aryl methyl sites for hydroxylation is 3. The number of rotatable bonds is 2. The van der Waals surface area contributed by atoms with E-state index in [-0.39, 0.29) is 5.91 Å². The van der Waals surface area contributed by atoms with Gasteiger partial charge < -0.3 is 9.42 Å². The zero-order valence-electron chi connectivity index (χ0n) is 14.5. The molecule has 3 aromatic rings. The molecule has 2 heterocycles. The van der Waals surface area contributed by atoms with Crippen molar-refractivity contribution in [2.45, 2.75) is 26.7 Å². The average molecular weight is 332 g/mol. The lowest BCUT2D eigenvalue weighted by Gasteiger charge is -2.31. The highest BCUT2D eigenvalue weighted by Gasteiger charge is 2.30. The molecule has 4 rings (SSSR count). The number of benzene rings is 2. The van der Waals surface area contributed by atoms with Crippen LogP contribution in [0.4, 0.5) is 5.69 Å². The minimum Gasteiger partial charge on any atom is -0.360 e. The molecule has 1 aromatic heterocycles. The second kappa shape index (κ2) is 6.20. The predicted octanol–water partition coefficient (Wildman–Crippen LogP) is 4.55. The van der Waals surface area contributed by atoms with Gasteiger partial charge in [-0.15, -0.1) is 0 Å². The van der Waals surface area contributed by atoms with Crippen LogP contribution in [-0.4, -0.2) is 17.6 Å². The summed E-state index contributed by atoms with van der Waals surface area (Å²) in [6, 6.07) is 15.9. The minimum absolute atomic E-state index is 0.0344. The van der Waals surface area contributed by atoms with Crippen LogP contribution in [0.15, 0.2) is 53.1 Å². The van der Waals surface area contributed by atoms with Gasteiger partial charge in [-0.3, -0.25) is 4.79 Å². The molecule has 0 aliphatic carbocycles. The molecule has 0 fully saturated rings. The van der Waals surface area contributed by atoms with Crippen molar-refractivity contribution in [2.75, 3.05) is 11.4 Å². The lowest BCUT2D eigenvalue weighted by molar-refractivity contribution is 0.0984. The van der Waals surface area contributed by atoms with E-state index in [1.807, 2.05) is 35.2 Å². The summed E-state index contributed by atoms with van der Waals surface area (Å²) in [5.74, 6) is 0.525. The molecule has 0 unspecified atom stereocenters. The van der Waals surface area contributed by atoms with Crippen molar-refractivity contribution in [3.05, 3.63) is 71.0 Å². The minimum atomic E-state index is -0.0344. The van der Waals surface area contributed by atoms with E-state index in [1.54, 1.807) is 6.92 Å². The summed E-state index contributed by atoms with van der Waals surface area (Å²) in [5.41, 5.74) is 5.46. The van der Waals surface area contributed by atoms with Gasteiger partial charge in [0.2, 0.25) is 0 Å². The molecule has 4 nitrogen and oxygen atoms in total. The van der Waals surface area contributed by atoms with Gasteiger partial charge in [0.25, 0.3) is 5.91 Å². The van der Waals surface area contributed by atoms with Crippen LogP contribution in [-0.2, 0) is 6.42 Å². The highest BCUT2D eigenvalue weighted by Crippen LogP contribution is 2.34. The molecule has 1 aliphatic rings. The maximum Gasteiger partial charge on any atom is 0.264 e. The van der Waals surface area contributed by atoms with Gasteiger partial charge in [-0.2, -0.15) is 0 Å². The topological polar surface area (TPSA) is 46.3 Å². The normalized spacial score (nSPS) is 13.6. The fraction of sp³-hybridized carbons (Fsp3) is 0.238. The van der Waals surface area contributed by atoms with Crippen molar-refractivity contribution in [3.8, 4) is 11.3 Å². The number of amides is 1. The van der Waals surface area contributed by atoms with Crippen molar-refractivity contribution >= 4 is 11.6 Å². The number of aromatic nitrogens is 1. The molecule has 0 saturated heterocycles. The number of carbonyl (C=O) groups is 1. The van der Waals surface area contributed by atoms with Crippen molar-refractivity contribution in [1.82, 2.24) is 5.16 Å². The number of para-hydroxylation sites is 1. The van der Waals surface area contributed by atoms with Crippen LogP contribution in [0.2, 0.25) is 0 Å². The lowest BCUT2D eigenvalue weighted by atomic mass is 9.96. The van der Waals surface area contributed by atoms with Crippen LogP contribution in [0.1, 0.15) is 33.7 Å². The van der Waals surface area contributed by atoms with E-state index in [0.717, 1.165) is 36.2 Å². The molecule has 0 atom stereocenters. The van der Waals surface area contributed by atoms with E-state index in [0.29, 0.717) is 17.0 Å². The molecule has 1 amide bonds. The van der Waals surface area contributed by atoms with Crippen molar-refractivity contribution in [3.63, 3.8) is 0 Å². The summed E-state index contributed by atoms with van der Waals surface area (Å²) < 4.78 is 5.38. The quantitative estimate of drug-likeness (QED) is 0.691. The van der Waals surface area contributed by atoms with Crippen molar-refractivity contribution in [1.29, 1.82) is 0 Å².